The Balaban J connectivity index is 3.02. The lowest BCUT2D eigenvalue weighted by Crippen LogP contribution is -2.61. The van der Waals surface area contributed by atoms with Gasteiger partial charge < -0.3 is 10.2 Å². The molecular formula is C7H9N3O6. The van der Waals surface area contributed by atoms with Gasteiger partial charge in [-0.15, -0.1) is 0 Å². The van der Waals surface area contributed by atoms with Crippen molar-refractivity contribution in [3.63, 3.8) is 0 Å². The Hall–Kier alpha value is -2.32. The minimum Gasteiger partial charge on any atom is -0.464 e. The Labute approximate surface area is 89.0 Å². The van der Waals surface area contributed by atoms with Gasteiger partial charge in [-0.1, -0.05) is 0 Å². The molecule has 0 aromatic carbocycles. The smallest absolute Gasteiger partial charge is 0.427 e. The lowest BCUT2D eigenvalue weighted by Gasteiger charge is -2.31. The summed E-state index contributed by atoms with van der Waals surface area (Å²) in [5, 5.41) is 19.3. The van der Waals surface area contributed by atoms with E-state index in [1.807, 2.05) is 5.32 Å². The molecule has 0 aromatic rings. The zero-order chi connectivity index (χ0) is 12.5. The van der Waals surface area contributed by atoms with Gasteiger partial charge in [-0.05, 0) is 6.92 Å². The van der Waals surface area contributed by atoms with E-state index in [0.717, 1.165) is 6.92 Å². The van der Waals surface area contributed by atoms with Crippen LogP contribution in [0.5, 0.6) is 0 Å². The minimum atomic E-state index is -1.76. The Morgan fingerprint density at radius 2 is 2.00 bits per heavy atom. The predicted molar refractivity (Wildman–Crippen MR) is 47.2 cm³/mol. The van der Waals surface area contributed by atoms with Gasteiger partial charge in [-0.25, -0.2) is 20.0 Å². The highest BCUT2D eigenvalue weighted by Gasteiger charge is 2.50. The molecule has 1 unspecified atom stereocenters. The lowest BCUT2D eigenvalue weighted by atomic mass is 10.00. The van der Waals surface area contributed by atoms with E-state index in [-0.39, 0.29) is 5.01 Å². The Morgan fingerprint density at radius 1 is 1.44 bits per heavy atom. The third-order valence-corrected chi connectivity index (χ3v) is 2.14. The average Bonchev–Trinajstić information content (AvgIpc) is 2.36. The van der Waals surface area contributed by atoms with Crippen LogP contribution in [0.3, 0.4) is 0 Å². The Bertz CT molecular complexity index is 380. The van der Waals surface area contributed by atoms with Crippen LogP contribution in [0.25, 0.3) is 0 Å². The summed E-state index contributed by atoms with van der Waals surface area (Å²) in [5.41, 5.74) is -0.212. The molecule has 0 aromatic heterocycles. The quantitative estimate of drug-likeness (QED) is 0.336. The standard InChI is InChI=1S/C7H9N3O6/c1-7(2-3(11)8-4(7)12)10(6(15)16)9-5(13)14/h9H,2H2,1H3,(H,13,14)(H,15,16)(H,8,11,12). The lowest BCUT2D eigenvalue weighted by molar-refractivity contribution is -0.129. The summed E-state index contributed by atoms with van der Waals surface area (Å²) >= 11 is 0. The van der Waals surface area contributed by atoms with Gasteiger partial charge in [-0.3, -0.25) is 14.9 Å². The third kappa shape index (κ3) is 1.87. The van der Waals surface area contributed by atoms with Crippen molar-refractivity contribution in [3.05, 3.63) is 0 Å². The average molecular weight is 231 g/mol. The van der Waals surface area contributed by atoms with Crippen molar-refractivity contribution in [2.45, 2.75) is 18.9 Å². The van der Waals surface area contributed by atoms with Gasteiger partial charge in [0.2, 0.25) is 5.91 Å². The van der Waals surface area contributed by atoms with Gasteiger partial charge in [0.05, 0.1) is 6.42 Å². The number of imide groups is 1. The molecule has 1 saturated heterocycles. The number of carbonyl (C=O) groups excluding carboxylic acids is 2. The maximum Gasteiger partial charge on any atom is 0.427 e. The first kappa shape index (κ1) is 11.8. The fourth-order valence-corrected chi connectivity index (χ4v) is 1.36. The number of hydrazine groups is 1. The van der Waals surface area contributed by atoms with Crippen LogP contribution in [0.2, 0.25) is 0 Å². The molecule has 1 rings (SSSR count). The highest BCUT2D eigenvalue weighted by atomic mass is 16.4. The van der Waals surface area contributed by atoms with Gasteiger partial charge in [-0.2, -0.15) is 0 Å². The topological polar surface area (TPSA) is 136 Å². The summed E-state index contributed by atoms with van der Waals surface area (Å²) in [5.74, 6) is -1.53. The van der Waals surface area contributed by atoms with Gasteiger partial charge in [0, 0.05) is 0 Å². The van der Waals surface area contributed by atoms with Gasteiger partial charge in [0.1, 0.15) is 0 Å². The van der Waals surface area contributed by atoms with Crippen molar-refractivity contribution in [3.8, 4) is 0 Å². The van der Waals surface area contributed by atoms with Crippen molar-refractivity contribution < 1.29 is 29.4 Å². The molecule has 1 aliphatic rings. The fourth-order valence-electron chi connectivity index (χ4n) is 1.36. The molecule has 16 heavy (non-hydrogen) atoms. The van der Waals surface area contributed by atoms with Crippen molar-refractivity contribution in [1.29, 1.82) is 0 Å². The minimum absolute atomic E-state index is 0.190. The van der Waals surface area contributed by atoms with Crippen LogP contribution in [0, 0.1) is 0 Å². The van der Waals surface area contributed by atoms with E-state index in [2.05, 4.69) is 0 Å². The van der Waals surface area contributed by atoms with Gasteiger partial charge >= 0.3 is 12.2 Å². The van der Waals surface area contributed by atoms with E-state index >= 15 is 0 Å². The predicted octanol–water partition coefficient (Wildman–Crippen LogP) is -1.05. The number of carbonyl (C=O) groups is 4. The van der Waals surface area contributed by atoms with Crippen LogP contribution in [-0.2, 0) is 9.59 Å². The third-order valence-electron chi connectivity index (χ3n) is 2.14. The molecule has 1 fully saturated rings. The molecule has 9 nitrogen and oxygen atoms in total. The van der Waals surface area contributed by atoms with Crippen LogP contribution in [0.15, 0.2) is 0 Å². The fraction of sp³-hybridized carbons (Fsp3) is 0.429. The van der Waals surface area contributed by atoms with Crippen molar-refractivity contribution in [2.75, 3.05) is 0 Å². The van der Waals surface area contributed by atoms with E-state index in [1.165, 1.54) is 0 Å². The second kappa shape index (κ2) is 3.68. The number of hydrogen-bond acceptors (Lipinski definition) is 4. The zero-order valence-corrected chi connectivity index (χ0v) is 8.18. The van der Waals surface area contributed by atoms with E-state index in [9.17, 15) is 19.2 Å². The molecule has 0 bridgehead atoms. The Kier molecular flexibility index (Phi) is 2.70. The number of carboxylic acid groups (broad SMARTS) is 2. The molecule has 1 atom stereocenters. The monoisotopic (exact) mass is 231 g/mol. The van der Waals surface area contributed by atoms with Gasteiger partial charge in [0.15, 0.2) is 5.54 Å². The first-order chi connectivity index (χ1) is 7.27. The summed E-state index contributed by atoms with van der Waals surface area (Å²) < 4.78 is 0. The summed E-state index contributed by atoms with van der Waals surface area (Å²) in [6.07, 6.45) is -3.75. The van der Waals surface area contributed by atoms with E-state index in [0.29, 0.717) is 0 Å². The summed E-state index contributed by atoms with van der Waals surface area (Å²) in [7, 11) is 0. The largest absolute Gasteiger partial charge is 0.464 e. The first-order valence-corrected chi connectivity index (χ1v) is 4.14. The summed E-state index contributed by atoms with van der Waals surface area (Å²) in [4.78, 5) is 43.5. The number of hydrogen-bond donors (Lipinski definition) is 4. The molecule has 9 heteroatoms. The van der Waals surface area contributed by atoms with Crippen molar-refractivity contribution in [2.24, 2.45) is 0 Å². The SMILES string of the molecule is CC1(N(NC(=O)O)C(=O)O)CC(=O)NC1=O. The Morgan fingerprint density at radius 3 is 2.31 bits per heavy atom. The highest BCUT2D eigenvalue weighted by Crippen LogP contribution is 2.23. The maximum atomic E-state index is 11.4. The molecule has 4 N–H and O–H groups in total. The molecule has 1 aliphatic heterocycles. The molecular weight excluding hydrogens is 222 g/mol. The molecule has 0 spiro atoms. The van der Waals surface area contributed by atoms with Crippen LogP contribution >= 0.6 is 0 Å². The number of nitrogens with zero attached hydrogens (tertiary/aromatic N) is 1. The molecule has 1 heterocycles. The second-order valence-electron chi connectivity index (χ2n) is 3.36. The second-order valence-corrected chi connectivity index (χ2v) is 3.36. The molecule has 0 aliphatic carbocycles. The summed E-state index contributed by atoms with van der Waals surface area (Å²) in [6, 6.07) is 0. The number of amides is 4. The van der Waals surface area contributed by atoms with Crippen LogP contribution in [0.1, 0.15) is 13.3 Å². The number of rotatable bonds is 1. The van der Waals surface area contributed by atoms with E-state index < -0.39 is 36.0 Å². The van der Waals surface area contributed by atoms with Crippen LogP contribution < -0.4 is 10.7 Å². The van der Waals surface area contributed by atoms with Crippen molar-refractivity contribution in [1.82, 2.24) is 15.8 Å². The number of nitrogens with one attached hydrogen (secondary N) is 2. The molecule has 4 amide bonds. The normalized spacial score (nSPS) is 23.8. The maximum absolute atomic E-state index is 11.4. The highest BCUT2D eigenvalue weighted by molar-refractivity contribution is 6.09. The molecule has 0 radical (unpaired) electrons. The zero-order valence-electron chi connectivity index (χ0n) is 8.18. The van der Waals surface area contributed by atoms with Gasteiger partial charge in [0.25, 0.3) is 5.91 Å². The van der Waals surface area contributed by atoms with Crippen LogP contribution in [-0.4, -0.2) is 44.8 Å². The van der Waals surface area contributed by atoms with Crippen LogP contribution in [0.4, 0.5) is 9.59 Å². The van der Waals surface area contributed by atoms with Crippen molar-refractivity contribution >= 4 is 24.0 Å². The van der Waals surface area contributed by atoms with E-state index in [1.54, 1.807) is 5.43 Å². The molecule has 0 saturated carbocycles. The van der Waals surface area contributed by atoms with E-state index in [4.69, 9.17) is 10.2 Å². The first-order valence-electron chi connectivity index (χ1n) is 4.14. The molecule has 88 valence electrons. The summed E-state index contributed by atoms with van der Waals surface area (Å²) in [6.45, 7) is 1.15.